The highest BCUT2D eigenvalue weighted by Crippen LogP contribution is 2.34. The Morgan fingerprint density at radius 2 is 2.12 bits per heavy atom. The molecule has 1 aliphatic rings. The summed E-state index contributed by atoms with van der Waals surface area (Å²) in [6, 6.07) is 11.6. The number of aliphatic hydroxyl groups excluding tert-OH is 1. The molecule has 5 nitrogen and oxygen atoms in total. The maximum absolute atomic E-state index is 12.7. The number of likely N-dealkylation sites (tertiary alicyclic amines) is 1. The largest absolute Gasteiger partial charge is 0.389 e. The first-order chi connectivity index (χ1) is 12.0. The van der Waals surface area contributed by atoms with Gasteiger partial charge in [-0.05, 0) is 42.0 Å². The van der Waals surface area contributed by atoms with Crippen LogP contribution in [0.5, 0.6) is 0 Å². The Hall–Kier alpha value is -2.40. The SMILES string of the molecule is CC1CC(c2cccnc2)N(C(=O)NCc2ccc(C(C)O)cc2)C1. The van der Waals surface area contributed by atoms with Crippen LogP contribution in [0.15, 0.2) is 48.8 Å². The smallest absolute Gasteiger partial charge is 0.318 e. The predicted molar refractivity (Wildman–Crippen MR) is 96.8 cm³/mol. The molecular formula is C20H25N3O2. The fourth-order valence-electron chi connectivity index (χ4n) is 3.35. The van der Waals surface area contributed by atoms with Crippen LogP contribution < -0.4 is 5.32 Å². The zero-order chi connectivity index (χ0) is 17.8. The van der Waals surface area contributed by atoms with Crippen LogP contribution in [0.2, 0.25) is 0 Å². The summed E-state index contributed by atoms with van der Waals surface area (Å²) < 4.78 is 0. The van der Waals surface area contributed by atoms with Gasteiger partial charge in [0, 0.05) is 25.5 Å². The highest BCUT2D eigenvalue weighted by Gasteiger charge is 2.34. The lowest BCUT2D eigenvalue weighted by Crippen LogP contribution is -2.39. The number of hydrogen-bond acceptors (Lipinski definition) is 3. The molecule has 1 fully saturated rings. The fraction of sp³-hybridized carbons (Fsp3) is 0.400. The number of aromatic nitrogens is 1. The molecule has 3 atom stereocenters. The Bertz CT molecular complexity index is 701. The number of urea groups is 1. The summed E-state index contributed by atoms with van der Waals surface area (Å²) in [5, 5.41) is 12.6. The number of amides is 2. The number of carbonyl (C=O) groups excluding carboxylic acids is 1. The van der Waals surface area contributed by atoms with E-state index < -0.39 is 6.10 Å². The first-order valence-corrected chi connectivity index (χ1v) is 8.76. The van der Waals surface area contributed by atoms with Crippen LogP contribution in [0, 0.1) is 5.92 Å². The van der Waals surface area contributed by atoms with Crippen LogP contribution in [0.1, 0.15) is 49.1 Å². The molecule has 1 aromatic heterocycles. The van der Waals surface area contributed by atoms with E-state index in [0.717, 1.165) is 29.7 Å². The molecule has 1 aromatic carbocycles. The van der Waals surface area contributed by atoms with Crippen molar-refractivity contribution in [3.05, 3.63) is 65.5 Å². The lowest BCUT2D eigenvalue weighted by Gasteiger charge is -2.25. The normalized spacial score (nSPS) is 21.2. The second-order valence-electron chi connectivity index (χ2n) is 6.87. The van der Waals surface area contributed by atoms with E-state index in [4.69, 9.17) is 0 Å². The van der Waals surface area contributed by atoms with Gasteiger partial charge in [-0.2, -0.15) is 0 Å². The van der Waals surface area contributed by atoms with E-state index in [9.17, 15) is 9.90 Å². The van der Waals surface area contributed by atoms with E-state index >= 15 is 0 Å². The van der Waals surface area contributed by atoms with Crippen molar-refractivity contribution in [1.82, 2.24) is 15.2 Å². The number of nitrogens with one attached hydrogen (secondary N) is 1. The highest BCUT2D eigenvalue weighted by atomic mass is 16.3. The van der Waals surface area contributed by atoms with E-state index in [1.165, 1.54) is 0 Å². The molecule has 3 rings (SSSR count). The molecule has 0 spiro atoms. The van der Waals surface area contributed by atoms with Crippen LogP contribution in [0.4, 0.5) is 4.79 Å². The third-order valence-electron chi connectivity index (χ3n) is 4.75. The van der Waals surface area contributed by atoms with Crippen LogP contribution in [-0.4, -0.2) is 27.6 Å². The molecule has 5 heteroatoms. The Balaban J connectivity index is 1.63. The molecule has 2 aromatic rings. The molecule has 2 amide bonds. The van der Waals surface area contributed by atoms with Gasteiger partial charge in [0.15, 0.2) is 0 Å². The average Bonchev–Trinajstić information content (AvgIpc) is 3.02. The Morgan fingerprint density at radius 1 is 1.36 bits per heavy atom. The number of rotatable bonds is 4. The van der Waals surface area contributed by atoms with Gasteiger partial charge in [0.25, 0.3) is 0 Å². The molecule has 1 aliphatic heterocycles. The Morgan fingerprint density at radius 3 is 2.76 bits per heavy atom. The monoisotopic (exact) mass is 339 g/mol. The number of aliphatic hydroxyl groups is 1. The van der Waals surface area contributed by atoms with Crippen molar-refractivity contribution in [2.45, 2.75) is 39.0 Å². The lowest BCUT2D eigenvalue weighted by molar-refractivity contribution is 0.191. The van der Waals surface area contributed by atoms with Gasteiger partial charge in [-0.25, -0.2) is 4.79 Å². The molecule has 0 bridgehead atoms. The molecule has 3 unspecified atom stereocenters. The molecule has 0 radical (unpaired) electrons. The second-order valence-corrected chi connectivity index (χ2v) is 6.87. The zero-order valence-electron chi connectivity index (χ0n) is 14.7. The Labute approximate surface area is 148 Å². The number of benzene rings is 1. The van der Waals surface area contributed by atoms with Gasteiger partial charge in [0.05, 0.1) is 12.1 Å². The van der Waals surface area contributed by atoms with Crippen LogP contribution in [0.3, 0.4) is 0 Å². The molecule has 2 N–H and O–H groups in total. The van der Waals surface area contributed by atoms with Gasteiger partial charge < -0.3 is 15.3 Å². The molecule has 1 saturated heterocycles. The maximum atomic E-state index is 12.7. The van der Waals surface area contributed by atoms with Crippen LogP contribution in [-0.2, 0) is 6.54 Å². The van der Waals surface area contributed by atoms with Crippen LogP contribution in [0.25, 0.3) is 0 Å². The molecule has 0 aliphatic carbocycles. The van der Waals surface area contributed by atoms with Crippen LogP contribution >= 0.6 is 0 Å². The molecule has 25 heavy (non-hydrogen) atoms. The summed E-state index contributed by atoms with van der Waals surface area (Å²) in [5.74, 6) is 0.473. The molecule has 0 saturated carbocycles. The standard InChI is InChI=1S/C20H25N3O2/c1-14-10-19(18-4-3-9-21-12-18)23(13-14)20(25)22-11-16-5-7-17(8-6-16)15(2)24/h3-9,12,14-15,19,24H,10-11,13H2,1-2H3,(H,22,25). The van der Waals surface area contributed by atoms with Crippen molar-refractivity contribution in [2.24, 2.45) is 5.92 Å². The summed E-state index contributed by atoms with van der Waals surface area (Å²) in [7, 11) is 0. The summed E-state index contributed by atoms with van der Waals surface area (Å²) in [6.07, 6.45) is 4.08. The number of carbonyl (C=O) groups is 1. The van der Waals surface area contributed by atoms with Gasteiger partial charge in [0.2, 0.25) is 0 Å². The first-order valence-electron chi connectivity index (χ1n) is 8.76. The minimum atomic E-state index is -0.477. The summed E-state index contributed by atoms with van der Waals surface area (Å²) in [5.41, 5.74) is 2.98. The highest BCUT2D eigenvalue weighted by molar-refractivity contribution is 5.75. The third-order valence-corrected chi connectivity index (χ3v) is 4.75. The third kappa shape index (κ3) is 4.17. The van der Waals surface area contributed by atoms with Crippen molar-refractivity contribution >= 4 is 6.03 Å². The van der Waals surface area contributed by atoms with E-state index in [2.05, 4.69) is 17.2 Å². The van der Waals surface area contributed by atoms with Crippen molar-refractivity contribution < 1.29 is 9.90 Å². The molecule has 2 heterocycles. The molecule has 132 valence electrons. The number of nitrogens with zero attached hydrogens (tertiary/aromatic N) is 2. The number of hydrogen-bond donors (Lipinski definition) is 2. The second kappa shape index (κ2) is 7.66. The van der Waals surface area contributed by atoms with Crippen molar-refractivity contribution in [3.63, 3.8) is 0 Å². The summed E-state index contributed by atoms with van der Waals surface area (Å²) in [6.45, 7) is 5.14. The van der Waals surface area contributed by atoms with Crippen molar-refractivity contribution in [3.8, 4) is 0 Å². The zero-order valence-corrected chi connectivity index (χ0v) is 14.7. The van der Waals surface area contributed by atoms with Gasteiger partial charge in [-0.15, -0.1) is 0 Å². The Kier molecular flexibility index (Phi) is 5.34. The quantitative estimate of drug-likeness (QED) is 0.897. The first kappa shape index (κ1) is 17.4. The summed E-state index contributed by atoms with van der Waals surface area (Å²) in [4.78, 5) is 18.8. The van der Waals surface area contributed by atoms with Gasteiger partial charge >= 0.3 is 6.03 Å². The predicted octanol–water partition coefficient (Wildman–Crippen LogP) is 3.43. The van der Waals surface area contributed by atoms with Crippen molar-refractivity contribution in [2.75, 3.05) is 6.54 Å². The molecular weight excluding hydrogens is 314 g/mol. The number of pyridine rings is 1. The van der Waals surface area contributed by atoms with E-state index in [-0.39, 0.29) is 12.1 Å². The van der Waals surface area contributed by atoms with E-state index in [0.29, 0.717) is 12.5 Å². The summed E-state index contributed by atoms with van der Waals surface area (Å²) >= 11 is 0. The van der Waals surface area contributed by atoms with Gasteiger partial charge in [-0.3, -0.25) is 4.98 Å². The average molecular weight is 339 g/mol. The maximum Gasteiger partial charge on any atom is 0.318 e. The van der Waals surface area contributed by atoms with Gasteiger partial charge in [0.1, 0.15) is 0 Å². The van der Waals surface area contributed by atoms with E-state index in [1.54, 1.807) is 13.1 Å². The lowest BCUT2D eigenvalue weighted by atomic mass is 10.0. The van der Waals surface area contributed by atoms with E-state index in [1.807, 2.05) is 47.5 Å². The fourth-order valence-corrected chi connectivity index (χ4v) is 3.35. The van der Waals surface area contributed by atoms with Crippen molar-refractivity contribution in [1.29, 1.82) is 0 Å². The minimum absolute atomic E-state index is 0.0437. The van der Waals surface area contributed by atoms with Gasteiger partial charge in [-0.1, -0.05) is 37.3 Å². The topological polar surface area (TPSA) is 65.5 Å². The minimum Gasteiger partial charge on any atom is -0.389 e.